The van der Waals surface area contributed by atoms with E-state index >= 15 is 0 Å². The van der Waals surface area contributed by atoms with Gasteiger partial charge in [-0.05, 0) is 60.2 Å². The van der Waals surface area contributed by atoms with Crippen molar-refractivity contribution in [2.75, 3.05) is 4.90 Å². The van der Waals surface area contributed by atoms with Crippen molar-refractivity contribution in [1.29, 1.82) is 0 Å². The second kappa shape index (κ2) is 8.06. The van der Waals surface area contributed by atoms with E-state index in [2.05, 4.69) is 4.98 Å². The predicted octanol–water partition coefficient (Wildman–Crippen LogP) is 5.85. The number of anilines is 1. The van der Waals surface area contributed by atoms with E-state index < -0.39 is 35.1 Å². The van der Waals surface area contributed by atoms with Gasteiger partial charge < -0.3 is 5.11 Å². The van der Waals surface area contributed by atoms with Crippen LogP contribution in [0.2, 0.25) is 5.02 Å². The van der Waals surface area contributed by atoms with Crippen molar-refractivity contribution in [2.45, 2.75) is 6.04 Å². The summed E-state index contributed by atoms with van der Waals surface area (Å²) in [6.45, 7) is 0. The molecule has 1 amide bonds. The summed E-state index contributed by atoms with van der Waals surface area (Å²) in [5, 5.41) is 11.6. The minimum Gasteiger partial charge on any atom is -0.507 e. The maximum absolute atomic E-state index is 13.7. The Hall–Kier alpha value is -3.62. The third kappa shape index (κ3) is 3.67. The molecule has 0 saturated carbocycles. The predicted molar refractivity (Wildman–Crippen MR) is 122 cm³/mol. The Morgan fingerprint density at radius 3 is 2.33 bits per heavy atom. The van der Waals surface area contributed by atoms with Crippen molar-refractivity contribution in [2.24, 2.45) is 0 Å². The number of hydrogen-bond donors (Lipinski definition) is 1. The Labute approximate surface area is 195 Å². The number of thiazole rings is 1. The molecular weight excluding hydrogens is 470 g/mol. The maximum Gasteiger partial charge on any atom is 0.301 e. The highest BCUT2D eigenvalue weighted by Gasteiger charge is 2.48. The molecule has 33 heavy (non-hydrogen) atoms. The lowest BCUT2D eigenvalue weighted by Gasteiger charge is -2.23. The van der Waals surface area contributed by atoms with Crippen LogP contribution in [0.3, 0.4) is 0 Å². The number of amides is 1. The third-order valence-electron chi connectivity index (χ3n) is 5.29. The average Bonchev–Trinajstić information content (AvgIpc) is 3.32. The van der Waals surface area contributed by atoms with Crippen LogP contribution < -0.4 is 4.90 Å². The highest BCUT2D eigenvalue weighted by atomic mass is 35.5. The second-order valence-corrected chi connectivity index (χ2v) is 8.78. The van der Waals surface area contributed by atoms with Gasteiger partial charge in [0.15, 0.2) is 5.13 Å². The number of aromatic nitrogens is 1. The number of nitrogens with zero attached hydrogens (tertiary/aromatic N) is 2. The number of carbonyl (C=O) groups excluding carboxylic acids is 2. The molecule has 9 heteroatoms. The Morgan fingerprint density at radius 1 is 0.970 bits per heavy atom. The fourth-order valence-electron chi connectivity index (χ4n) is 3.74. The SMILES string of the molecule is O=C1C(=O)N(c2nc3ccc(F)cc3s2)[C@@H](c2ccc(Cl)cc2)/C1=C(\O)c1ccc(F)cc1. The number of fused-ring (bicyclic) bond motifs is 1. The number of aliphatic hydroxyl groups excluding tert-OH is 1. The zero-order valence-corrected chi connectivity index (χ0v) is 18.2. The topological polar surface area (TPSA) is 70.5 Å². The van der Waals surface area contributed by atoms with Gasteiger partial charge in [-0.1, -0.05) is 35.1 Å². The molecule has 1 N–H and O–H groups in total. The highest BCUT2D eigenvalue weighted by molar-refractivity contribution is 7.22. The first kappa shape index (κ1) is 21.2. The van der Waals surface area contributed by atoms with Gasteiger partial charge >= 0.3 is 5.91 Å². The highest BCUT2D eigenvalue weighted by Crippen LogP contribution is 2.44. The van der Waals surface area contributed by atoms with Gasteiger partial charge in [-0.15, -0.1) is 0 Å². The van der Waals surface area contributed by atoms with Crippen molar-refractivity contribution in [3.05, 3.63) is 100 Å². The molecule has 0 bridgehead atoms. The molecule has 1 aliphatic rings. The molecule has 0 spiro atoms. The molecule has 1 aliphatic heterocycles. The summed E-state index contributed by atoms with van der Waals surface area (Å²) >= 11 is 7.07. The van der Waals surface area contributed by atoms with Crippen LogP contribution in [0.25, 0.3) is 16.0 Å². The molecule has 164 valence electrons. The summed E-state index contributed by atoms with van der Waals surface area (Å²) < 4.78 is 27.6. The number of Topliss-reactive ketones (excluding diaryl/α,β-unsaturated/α-hetero) is 1. The largest absolute Gasteiger partial charge is 0.507 e. The van der Waals surface area contributed by atoms with Crippen LogP contribution in [0, 0.1) is 11.6 Å². The normalized spacial score (nSPS) is 17.8. The number of aliphatic hydroxyl groups is 1. The average molecular weight is 483 g/mol. The number of ketones is 1. The third-order valence-corrected chi connectivity index (χ3v) is 6.56. The summed E-state index contributed by atoms with van der Waals surface area (Å²) in [7, 11) is 0. The van der Waals surface area contributed by atoms with Crippen molar-refractivity contribution in [3.8, 4) is 0 Å². The molecular formula is C24H13ClF2N2O3S. The number of hydrogen-bond acceptors (Lipinski definition) is 5. The van der Waals surface area contributed by atoms with E-state index in [1.54, 1.807) is 24.3 Å². The molecule has 1 saturated heterocycles. The fourth-order valence-corrected chi connectivity index (χ4v) is 4.89. The zero-order valence-electron chi connectivity index (χ0n) is 16.6. The Kier molecular flexibility index (Phi) is 5.19. The van der Waals surface area contributed by atoms with Gasteiger partial charge in [0.1, 0.15) is 17.4 Å². The molecule has 3 aromatic carbocycles. The number of rotatable bonds is 3. The Bertz CT molecular complexity index is 1450. The van der Waals surface area contributed by atoms with Crippen LogP contribution in [-0.2, 0) is 9.59 Å². The van der Waals surface area contributed by atoms with E-state index in [4.69, 9.17) is 11.6 Å². The van der Waals surface area contributed by atoms with E-state index in [9.17, 15) is 23.5 Å². The summed E-state index contributed by atoms with van der Waals surface area (Å²) in [4.78, 5) is 31.8. The Morgan fingerprint density at radius 2 is 1.64 bits per heavy atom. The molecule has 0 aliphatic carbocycles. The molecule has 1 aromatic heterocycles. The molecule has 2 heterocycles. The van der Waals surface area contributed by atoms with Gasteiger partial charge in [-0.25, -0.2) is 13.8 Å². The summed E-state index contributed by atoms with van der Waals surface area (Å²) in [6, 6.07) is 14.4. The molecule has 0 unspecified atom stereocenters. The van der Waals surface area contributed by atoms with Crippen LogP contribution >= 0.6 is 22.9 Å². The van der Waals surface area contributed by atoms with Crippen molar-refractivity contribution in [3.63, 3.8) is 0 Å². The van der Waals surface area contributed by atoms with Gasteiger partial charge in [-0.3, -0.25) is 14.5 Å². The number of carbonyl (C=O) groups is 2. The van der Waals surface area contributed by atoms with Gasteiger partial charge in [0.2, 0.25) is 0 Å². The molecule has 5 nitrogen and oxygen atoms in total. The minimum atomic E-state index is -1.02. The smallest absolute Gasteiger partial charge is 0.301 e. The Balaban J connectivity index is 1.73. The van der Waals surface area contributed by atoms with E-state index in [1.165, 1.54) is 35.2 Å². The van der Waals surface area contributed by atoms with Crippen LogP contribution in [0.4, 0.5) is 13.9 Å². The first-order valence-electron chi connectivity index (χ1n) is 9.72. The minimum absolute atomic E-state index is 0.167. The lowest BCUT2D eigenvalue weighted by Crippen LogP contribution is -2.29. The van der Waals surface area contributed by atoms with Crippen LogP contribution in [0.5, 0.6) is 0 Å². The second-order valence-electron chi connectivity index (χ2n) is 7.34. The summed E-state index contributed by atoms with van der Waals surface area (Å²) in [6.07, 6.45) is 0. The zero-order chi connectivity index (χ0) is 23.3. The number of halogens is 3. The molecule has 5 rings (SSSR count). The van der Waals surface area contributed by atoms with Gasteiger partial charge in [-0.2, -0.15) is 0 Å². The van der Waals surface area contributed by atoms with Gasteiger partial charge in [0, 0.05) is 10.6 Å². The van der Waals surface area contributed by atoms with E-state index in [0.717, 1.165) is 23.5 Å². The molecule has 4 aromatic rings. The van der Waals surface area contributed by atoms with Crippen molar-refractivity contribution in [1.82, 2.24) is 4.98 Å². The van der Waals surface area contributed by atoms with Gasteiger partial charge in [0.05, 0.1) is 21.8 Å². The quantitative estimate of drug-likeness (QED) is 0.226. The molecule has 1 fully saturated rings. The van der Waals surface area contributed by atoms with Crippen LogP contribution in [0.15, 0.2) is 72.3 Å². The van der Waals surface area contributed by atoms with Crippen molar-refractivity contribution >= 4 is 55.7 Å². The van der Waals surface area contributed by atoms with Crippen molar-refractivity contribution < 1.29 is 23.5 Å². The summed E-state index contributed by atoms with van der Waals surface area (Å²) in [5.74, 6) is -3.21. The van der Waals surface area contributed by atoms with E-state index in [-0.39, 0.29) is 16.3 Å². The lowest BCUT2D eigenvalue weighted by atomic mass is 9.95. The van der Waals surface area contributed by atoms with E-state index in [1.807, 2.05) is 0 Å². The molecule has 0 radical (unpaired) electrons. The first-order chi connectivity index (χ1) is 15.8. The standard InChI is InChI=1S/C24H13ClF2N2O3S/c25-14-5-1-12(2-6-14)20-19(21(30)13-3-7-15(26)8-4-13)22(31)23(32)29(20)24-28-17-10-9-16(27)11-18(17)33-24/h1-11,20,30H/b21-19+/t20-/m0/s1. The number of benzene rings is 3. The monoisotopic (exact) mass is 482 g/mol. The summed E-state index contributed by atoms with van der Waals surface area (Å²) in [5.41, 5.74) is 0.985. The van der Waals surface area contributed by atoms with E-state index in [0.29, 0.717) is 20.8 Å². The first-order valence-corrected chi connectivity index (χ1v) is 10.9. The lowest BCUT2D eigenvalue weighted by molar-refractivity contribution is -0.132. The fraction of sp³-hybridized carbons (Fsp3) is 0.0417. The van der Waals surface area contributed by atoms with Gasteiger partial charge in [0.25, 0.3) is 5.78 Å². The van der Waals surface area contributed by atoms with Crippen LogP contribution in [-0.4, -0.2) is 21.8 Å². The van der Waals surface area contributed by atoms with Crippen LogP contribution in [0.1, 0.15) is 17.2 Å². The maximum atomic E-state index is 13.7. The molecule has 1 atom stereocenters.